The van der Waals surface area contributed by atoms with Crippen molar-refractivity contribution in [1.29, 1.82) is 0 Å². The maximum absolute atomic E-state index is 4.61. The molecule has 2 heterocycles. The zero-order valence-electron chi connectivity index (χ0n) is 11.9. The average molecular weight is 270 g/mol. The molecule has 0 aromatic heterocycles. The van der Waals surface area contributed by atoms with Gasteiger partial charge in [0.1, 0.15) is 11.7 Å². The summed E-state index contributed by atoms with van der Waals surface area (Å²) in [5.41, 5.74) is 1.22. The standard InChI is InChI=1S/C16H22N4/c1-3-8-14(9-4-1)20-16(19-12-5-2-6-13-19)11-7-10-15(16)17-18-20/h1,3-4,8-9,15H,2,5-7,10-13H2/t15-,16-/m0/s1. The van der Waals surface area contributed by atoms with Gasteiger partial charge in [-0.1, -0.05) is 29.8 Å². The second kappa shape index (κ2) is 4.85. The van der Waals surface area contributed by atoms with Gasteiger partial charge in [0, 0.05) is 13.1 Å². The first-order valence-electron chi connectivity index (χ1n) is 7.92. The lowest BCUT2D eigenvalue weighted by Gasteiger charge is -2.46. The van der Waals surface area contributed by atoms with Gasteiger partial charge in [-0.25, -0.2) is 5.01 Å². The second-order valence-electron chi connectivity index (χ2n) is 6.19. The molecule has 1 aromatic carbocycles. The molecule has 4 rings (SSSR count). The van der Waals surface area contributed by atoms with Crippen LogP contribution in [0.3, 0.4) is 0 Å². The van der Waals surface area contributed by atoms with E-state index in [1.807, 2.05) is 0 Å². The van der Waals surface area contributed by atoms with Crippen molar-refractivity contribution < 1.29 is 0 Å². The fourth-order valence-corrected chi connectivity index (χ4v) is 4.17. The van der Waals surface area contributed by atoms with Crippen LogP contribution in [0.5, 0.6) is 0 Å². The Balaban J connectivity index is 1.72. The molecule has 0 bridgehead atoms. The largest absolute Gasteiger partial charge is 0.277 e. The van der Waals surface area contributed by atoms with E-state index in [9.17, 15) is 0 Å². The smallest absolute Gasteiger partial charge is 0.141 e. The third kappa shape index (κ3) is 1.71. The number of hydrogen-bond donors (Lipinski definition) is 0. The van der Waals surface area contributed by atoms with E-state index in [0.717, 1.165) is 0 Å². The molecule has 1 saturated carbocycles. The lowest BCUT2D eigenvalue weighted by atomic mass is 9.97. The molecule has 2 atom stereocenters. The molecule has 0 amide bonds. The lowest BCUT2D eigenvalue weighted by molar-refractivity contribution is 0.0683. The highest BCUT2D eigenvalue weighted by Crippen LogP contribution is 2.47. The first kappa shape index (κ1) is 12.3. The molecule has 1 aromatic rings. The maximum Gasteiger partial charge on any atom is 0.141 e. The van der Waals surface area contributed by atoms with Crippen molar-refractivity contribution in [2.45, 2.75) is 50.2 Å². The molecule has 3 aliphatic rings. The van der Waals surface area contributed by atoms with Gasteiger partial charge in [0.05, 0.1) is 5.69 Å². The van der Waals surface area contributed by atoms with Crippen molar-refractivity contribution in [2.75, 3.05) is 18.1 Å². The van der Waals surface area contributed by atoms with Crippen LogP contribution in [0.1, 0.15) is 38.5 Å². The third-order valence-electron chi connectivity index (χ3n) is 5.11. The Kier molecular flexibility index (Phi) is 2.99. The highest BCUT2D eigenvalue weighted by atomic mass is 15.7. The van der Waals surface area contributed by atoms with Crippen LogP contribution >= 0.6 is 0 Å². The van der Waals surface area contributed by atoms with Crippen LogP contribution in [-0.4, -0.2) is 29.7 Å². The molecule has 1 aliphatic carbocycles. The molecule has 1 saturated heterocycles. The predicted molar refractivity (Wildman–Crippen MR) is 79.6 cm³/mol. The third-order valence-corrected chi connectivity index (χ3v) is 5.11. The van der Waals surface area contributed by atoms with Crippen LogP contribution in [-0.2, 0) is 0 Å². The van der Waals surface area contributed by atoms with Crippen molar-refractivity contribution >= 4 is 5.69 Å². The van der Waals surface area contributed by atoms with Crippen LogP contribution in [0, 0.1) is 0 Å². The molecule has 2 aliphatic heterocycles. The van der Waals surface area contributed by atoms with E-state index in [2.05, 4.69) is 50.6 Å². The van der Waals surface area contributed by atoms with Crippen molar-refractivity contribution in [3.8, 4) is 0 Å². The summed E-state index contributed by atoms with van der Waals surface area (Å²) in [6, 6.07) is 10.9. The van der Waals surface area contributed by atoms with Crippen LogP contribution in [0.4, 0.5) is 5.69 Å². The monoisotopic (exact) mass is 270 g/mol. The Morgan fingerprint density at radius 2 is 1.80 bits per heavy atom. The van der Waals surface area contributed by atoms with Crippen LogP contribution in [0.15, 0.2) is 40.7 Å². The number of likely N-dealkylation sites (tertiary alicyclic amines) is 1. The summed E-state index contributed by atoms with van der Waals surface area (Å²) in [7, 11) is 0. The first-order chi connectivity index (χ1) is 9.91. The number of hydrogen-bond acceptors (Lipinski definition) is 4. The van der Waals surface area contributed by atoms with E-state index in [4.69, 9.17) is 0 Å². The van der Waals surface area contributed by atoms with E-state index in [1.165, 1.54) is 57.3 Å². The zero-order valence-corrected chi connectivity index (χ0v) is 11.9. The number of fused-ring (bicyclic) bond motifs is 1. The van der Waals surface area contributed by atoms with Gasteiger partial charge >= 0.3 is 0 Å². The van der Waals surface area contributed by atoms with Crippen molar-refractivity contribution in [1.82, 2.24) is 4.90 Å². The molecule has 4 heteroatoms. The Bertz CT molecular complexity index is 494. The highest BCUT2D eigenvalue weighted by molar-refractivity contribution is 5.49. The van der Waals surface area contributed by atoms with E-state index in [1.54, 1.807) is 0 Å². The highest BCUT2D eigenvalue weighted by Gasteiger charge is 2.56. The molecule has 0 radical (unpaired) electrons. The summed E-state index contributed by atoms with van der Waals surface area (Å²) in [6.45, 7) is 2.40. The summed E-state index contributed by atoms with van der Waals surface area (Å²) in [4.78, 5) is 2.67. The number of para-hydroxylation sites is 1. The van der Waals surface area contributed by atoms with Crippen LogP contribution in [0.25, 0.3) is 0 Å². The zero-order chi connectivity index (χ0) is 13.4. The molecular weight excluding hydrogens is 248 g/mol. The SMILES string of the molecule is c1ccc(N2N=N[C@H]3CCC[C@@]32N2CCCCC2)cc1. The fraction of sp³-hybridized carbons (Fsp3) is 0.625. The van der Waals surface area contributed by atoms with Gasteiger partial charge in [-0.15, -0.1) is 0 Å². The van der Waals surface area contributed by atoms with E-state index in [-0.39, 0.29) is 5.66 Å². The van der Waals surface area contributed by atoms with Gasteiger partial charge in [-0.05, 0) is 44.2 Å². The molecule has 2 fully saturated rings. The van der Waals surface area contributed by atoms with Gasteiger partial charge in [0.2, 0.25) is 0 Å². The van der Waals surface area contributed by atoms with Crippen molar-refractivity contribution in [3.63, 3.8) is 0 Å². The first-order valence-corrected chi connectivity index (χ1v) is 7.92. The number of piperidine rings is 1. The summed E-state index contributed by atoms with van der Waals surface area (Å²) in [6.07, 6.45) is 7.65. The summed E-state index contributed by atoms with van der Waals surface area (Å²) in [5, 5.41) is 11.4. The Morgan fingerprint density at radius 3 is 2.60 bits per heavy atom. The topological polar surface area (TPSA) is 31.2 Å². The Labute approximate surface area is 120 Å². The van der Waals surface area contributed by atoms with Crippen molar-refractivity contribution in [3.05, 3.63) is 30.3 Å². The normalized spacial score (nSPS) is 33.6. The van der Waals surface area contributed by atoms with Crippen molar-refractivity contribution in [2.24, 2.45) is 10.3 Å². The summed E-state index contributed by atoms with van der Waals surface area (Å²) >= 11 is 0. The fourth-order valence-electron chi connectivity index (χ4n) is 4.17. The minimum atomic E-state index is 0.0295. The van der Waals surface area contributed by atoms with E-state index in [0.29, 0.717) is 6.04 Å². The molecule has 0 N–H and O–H groups in total. The Morgan fingerprint density at radius 1 is 1.00 bits per heavy atom. The van der Waals surface area contributed by atoms with Gasteiger partial charge in [-0.2, -0.15) is 5.11 Å². The average Bonchev–Trinajstić information content (AvgIpc) is 3.08. The van der Waals surface area contributed by atoms with Gasteiger partial charge in [-0.3, -0.25) is 4.90 Å². The predicted octanol–water partition coefficient (Wildman–Crippen LogP) is 3.61. The quantitative estimate of drug-likeness (QED) is 0.822. The van der Waals surface area contributed by atoms with Gasteiger partial charge in [0.15, 0.2) is 0 Å². The van der Waals surface area contributed by atoms with Crippen LogP contribution in [0.2, 0.25) is 0 Å². The summed E-state index contributed by atoms with van der Waals surface area (Å²) in [5.74, 6) is 0. The van der Waals surface area contributed by atoms with E-state index >= 15 is 0 Å². The summed E-state index contributed by atoms with van der Waals surface area (Å²) < 4.78 is 0. The van der Waals surface area contributed by atoms with E-state index < -0.39 is 0 Å². The maximum atomic E-state index is 4.61. The number of anilines is 1. The molecule has 20 heavy (non-hydrogen) atoms. The van der Waals surface area contributed by atoms with Gasteiger partial charge < -0.3 is 0 Å². The molecule has 0 spiro atoms. The number of benzene rings is 1. The molecule has 4 nitrogen and oxygen atoms in total. The lowest BCUT2D eigenvalue weighted by Crippen LogP contribution is -2.61. The van der Waals surface area contributed by atoms with Gasteiger partial charge in [0.25, 0.3) is 0 Å². The minimum absolute atomic E-state index is 0.0295. The van der Waals surface area contributed by atoms with Crippen LogP contribution < -0.4 is 5.01 Å². The molecule has 0 unspecified atom stereocenters. The number of nitrogens with zero attached hydrogens (tertiary/aromatic N) is 4. The molecule has 106 valence electrons. The second-order valence-corrected chi connectivity index (χ2v) is 6.19. The number of rotatable bonds is 2. The Hall–Kier alpha value is -1.42. The molecular formula is C16H22N4. The minimum Gasteiger partial charge on any atom is -0.277 e.